The van der Waals surface area contributed by atoms with Crippen molar-refractivity contribution in [3.8, 4) is 6.07 Å². The van der Waals surface area contributed by atoms with Crippen LogP contribution in [0.3, 0.4) is 0 Å². The van der Waals surface area contributed by atoms with Crippen molar-refractivity contribution in [1.29, 1.82) is 5.26 Å². The van der Waals surface area contributed by atoms with Crippen LogP contribution in [0.4, 0.5) is 0 Å². The molecule has 0 atom stereocenters. The lowest BCUT2D eigenvalue weighted by atomic mass is 9.48. The number of nitrogens with zero attached hydrogens (tertiary/aromatic N) is 1. The van der Waals surface area contributed by atoms with E-state index in [1.165, 1.54) is 44.1 Å². The van der Waals surface area contributed by atoms with Gasteiger partial charge in [-0.15, -0.1) is 0 Å². The van der Waals surface area contributed by atoms with E-state index in [0.29, 0.717) is 11.8 Å². The molecule has 0 saturated heterocycles. The van der Waals surface area contributed by atoms with Crippen LogP contribution in [-0.2, 0) is 0 Å². The Morgan fingerprint density at radius 2 is 1.69 bits per heavy atom. The van der Waals surface area contributed by atoms with Gasteiger partial charge in [0.15, 0.2) is 0 Å². The largest absolute Gasteiger partial charge is 0.198 e. The van der Waals surface area contributed by atoms with Crippen LogP contribution in [0, 0.1) is 34.5 Å². The number of hydrogen-bond donors (Lipinski definition) is 0. The zero-order chi connectivity index (χ0) is 11.2. The zero-order valence-corrected chi connectivity index (χ0v) is 10.2. The van der Waals surface area contributed by atoms with Crippen molar-refractivity contribution in [3.05, 3.63) is 11.6 Å². The number of rotatable bonds is 2. The quantitative estimate of drug-likeness (QED) is 0.637. The average molecular weight is 215 g/mol. The summed E-state index contributed by atoms with van der Waals surface area (Å²) < 4.78 is 0. The van der Waals surface area contributed by atoms with Gasteiger partial charge in [0.2, 0.25) is 0 Å². The molecule has 4 rings (SSSR count). The fourth-order valence-corrected chi connectivity index (χ4v) is 5.01. The van der Waals surface area contributed by atoms with E-state index in [1.54, 1.807) is 0 Å². The van der Waals surface area contributed by atoms with E-state index in [1.807, 2.05) is 0 Å². The lowest BCUT2D eigenvalue weighted by Crippen LogP contribution is -2.46. The van der Waals surface area contributed by atoms with Crippen molar-refractivity contribution < 1.29 is 0 Å². The summed E-state index contributed by atoms with van der Waals surface area (Å²) in [6.45, 7) is 2.28. The standard InChI is InChI=1S/C15H21N/c1-11(3-2-4-16)15-8-12-5-13(9-15)7-14(6-12)10-15/h3,12-14H,2,5-10H2,1H3/b11-3-. The molecule has 86 valence electrons. The molecule has 0 aromatic carbocycles. The third kappa shape index (κ3) is 1.51. The molecule has 0 radical (unpaired) electrons. The smallest absolute Gasteiger partial charge is 0.0663 e. The topological polar surface area (TPSA) is 23.8 Å². The molecule has 1 heteroatoms. The normalized spacial score (nSPS) is 45.8. The first-order valence-corrected chi connectivity index (χ1v) is 6.76. The third-order valence-corrected chi connectivity index (χ3v) is 5.37. The van der Waals surface area contributed by atoms with Crippen molar-refractivity contribution in [2.45, 2.75) is 51.9 Å². The van der Waals surface area contributed by atoms with Crippen LogP contribution >= 0.6 is 0 Å². The van der Waals surface area contributed by atoms with E-state index in [-0.39, 0.29) is 0 Å². The molecule has 16 heavy (non-hydrogen) atoms. The van der Waals surface area contributed by atoms with Crippen molar-refractivity contribution in [2.75, 3.05) is 0 Å². The molecule has 4 aliphatic rings. The van der Waals surface area contributed by atoms with Gasteiger partial charge in [-0.25, -0.2) is 0 Å². The maximum Gasteiger partial charge on any atom is 0.0663 e. The lowest BCUT2D eigenvalue weighted by Gasteiger charge is -2.57. The van der Waals surface area contributed by atoms with E-state index in [0.717, 1.165) is 17.8 Å². The van der Waals surface area contributed by atoms with E-state index in [9.17, 15) is 0 Å². The maximum absolute atomic E-state index is 8.70. The lowest BCUT2D eigenvalue weighted by molar-refractivity contribution is -0.0305. The molecular formula is C15H21N. The molecule has 4 bridgehead atoms. The Morgan fingerprint density at radius 1 is 1.19 bits per heavy atom. The summed E-state index contributed by atoms with van der Waals surface area (Å²) in [4.78, 5) is 0. The molecule has 0 aromatic heterocycles. The Morgan fingerprint density at radius 3 is 2.12 bits per heavy atom. The molecule has 0 heterocycles. The molecule has 0 unspecified atom stereocenters. The van der Waals surface area contributed by atoms with Crippen molar-refractivity contribution in [3.63, 3.8) is 0 Å². The van der Waals surface area contributed by atoms with Gasteiger partial charge in [-0.1, -0.05) is 11.6 Å². The van der Waals surface area contributed by atoms with Gasteiger partial charge in [0.1, 0.15) is 0 Å². The summed E-state index contributed by atoms with van der Waals surface area (Å²) in [6, 6.07) is 2.25. The van der Waals surface area contributed by atoms with Crippen LogP contribution < -0.4 is 0 Å². The van der Waals surface area contributed by atoms with Gasteiger partial charge in [0.05, 0.1) is 12.5 Å². The van der Waals surface area contributed by atoms with Gasteiger partial charge >= 0.3 is 0 Å². The SMILES string of the molecule is C/C(=C/CC#N)C12CC3CC(CC(C3)C1)C2. The first-order valence-electron chi connectivity index (χ1n) is 6.76. The summed E-state index contributed by atoms with van der Waals surface area (Å²) >= 11 is 0. The van der Waals surface area contributed by atoms with E-state index >= 15 is 0 Å². The van der Waals surface area contributed by atoms with Crippen LogP contribution in [-0.4, -0.2) is 0 Å². The summed E-state index contributed by atoms with van der Waals surface area (Å²) in [6.07, 6.45) is 11.6. The first kappa shape index (κ1) is 10.4. The van der Waals surface area contributed by atoms with Crippen molar-refractivity contribution in [2.24, 2.45) is 23.2 Å². The van der Waals surface area contributed by atoms with Gasteiger partial charge in [-0.3, -0.25) is 0 Å². The Balaban J connectivity index is 1.86. The molecule has 0 spiro atoms. The molecule has 4 saturated carbocycles. The summed E-state index contributed by atoms with van der Waals surface area (Å²) in [5, 5.41) is 8.70. The number of hydrogen-bond acceptors (Lipinski definition) is 1. The predicted octanol–water partition coefficient (Wildman–Crippen LogP) is 4.06. The van der Waals surface area contributed by atoms with E-state index in [2.05, 4.69) is 19.1 Å². The monoisotopic (exact) mass is 215 g/mol. The minimum atomic E-state index is 0.519. The minimum Gasteiger partial charge on any atom is -0.198 e. The third-order valence-electron chi connectivity index (χ3n) is 5.37. The molecule has 0 aliphatic heterocycles. The van der Waals surface area contributed by atoms with Gasteiger partial charge in [0.25, 0.3) is 0 Å². The number of nitriles is 1. The highest BCUT2D eigenvalue weighted by molar-refractivity contribution is 5.19. The van der Waals surface area contributed by atoms with Crippen molar-refractivity contribution >= 4 is 0 Å². The number of allylic oxidation sites excluding steroid dienone is 2. The van der Waals surface area contributed by atoms with Crippen LogP contribution in [0.2, 0.25) is 0 Å². The summed E-state index contributed by atoms with van der Waals surface area (Å²) in [5.74, 6) is 3.03. The highest BCUT2D eigenvalue weighted by Crippen LogP contribution is 2.62. The molecule has 4 aliphatic carbocycles. The molecular weight excluding hydrogens is 194 g/mol. The molecule has 0 amide bonds. The van der Waals surface area contributed by atoms with Crippen molar-refractivity contribution in [1.82, 2.24) is 0 Å². The zero-order valence-electron chi connectivity index (χ0n) is 10.2. The minimum absolute atomic E-state index is 0.519. The highest BCUT2D eigenvalue weighted by atomic mass is 14.6. The fraction of sp³-hybridized carbons (Fsp3) is 0.800. The molecule has 0 aromatic rings. The fourth-order valence-electron chi connectivity index (χ4n) is 5.01. The predicted molar refractivity (Wildman–Crippen MR) is 64.6 cm³/mol. The van der Waals surface area contributed by atoms with E-state index in [4.69, 9.17) is 5.26 Å². The van der Waals surface area contributed by atoms with Gasteiger partial charge in [-0.05, 0) is 68.6 Å². The van der Waals surface area contributed by atoms with Crippen LogP contribution in [0.15, 0.2) is 11.6 Å². The Hall–Kier alpha value is -0.770. The Bertz CT molecular complexity index is 323. The van der Waals surface area contributed by atoms with Gasteiger partial charge in [-0.2, -0.15) is 5.26 Å². The van der Waals surface area contributed by atoms with Gasteiger partial charge in [0, 0.05) is 0 Å². The summed E-state index contributed by atoms with van der Waals surface area (Å²) in [5.41, 5.74) is 2.05. The Kier molecular flexibility index (Phi) is 2.35. The maximum atomic E-state index is 8.70. The van der Waals surface area contributed by atoms with Crippen LogP contribution in [0.1, 0.15) is 51.9 Å². The van der Waals surface area contributed by atoms with Crippen LogP contribution in [0.5, 0.6) is 0 Å². The van der Waals surface area contributed by atoms with Gasteiger partial charge < -0.3 is 0 Å². The van der Waals surface area contributed by atoms with Crippen LogP contribution in [0.25, 0.3) is 0 Å². The highest BCUT2D eigenvalue weighted by Gasteiger charge is 2.51. The van der Waals surface area contributed by atoms with E-state index < -0.39 is 0 Å². The second kappa shape index (κ2) is 3.62. The first-order chi connectivity index (χ1) is 7.72. The second-order valence-corrected chi connectivity index (χ2v) is 6.45. The molecule has 0 N–H and O–H groups in total. The Labute approximate surface area is 98.5 Å². The second-order valence-electron chi connectivity index (χ2n) is 6.45. The average Bonchev–Trinajstić information content (AvgIpc) is 2.24. The molecule has 1 nitrogen and oxygen atoms in total. The molecule has 4 fully saturated rings. The summed E-state index contributed by atoms with van der Waals surface area (Å²) in [7, 11) is 0.